The fourth-order valence-corrected chi connectivity index (χ4v) is 2.46. The van der Waals surface area contributed by atoms with Gasteiger partial charge in [-0.3, -0.25) is 4.99 Å². The SMILES string of the molecule is COC(=O)c1ccc(N=Cc2ccc(N3CCCC3)o2)cc1. The maximum atomic E-state index is 11.4. The van der Waals surface area contributed by atoms with Gasteiger partial charge in [-0.05, 0) is 43.2 Å². The third-order valence-electron chi connectivity index (χ3n) is 3.66. The van der Waals surface area contributed by atoms with Crippen molar-refractivity contribution in [2.24, 2.45) is 4.99 Å². The second kappa shape index (κ2) is 6.47. The smallest absolute Gasteiger partial charge is 0.337 e. The lowest BCUT2D eigenvalue weighted by atomic mass is 10.2. The Labute approximate surface area is 129 Å². The van der Waals surface area contributed by atoms with Gasteiger partial charge in [0.15, 0.2) is 5.88 Å². The van der Waals surface area contributed by atoms with Gasteiger partial charge in [-0.1, -0.05) is 0 Å². The molecule has 5 heteroatoms. The summed E-state index contributed by atoms with van der Waals surface area (Å²) < 4.78 is 10.4. The molecule has 22 heavy (non-hydrogen) atoms. The van der Waals surface area contributed by atoms with Crippen molar-refractivity contribution in [1.29, 1.82) is 0 Å². The Bertz CT molecular complexity index is 667. The number of carbonyl (C=O) groups is 1. The Kier molecular flexibility index (Phi) is 4.23. The van der Waals surface area contributed by atoms with Crippen molar-refractivity contribution < 1.29 is 13.9 Å². The first kappa shape index (κ1) is 14.4. The molecule has 1 fully saturated rings. The summed E-state index contributed by atoms with van der Waals surface area (Å²) in [4.78, 5) is 17.9. The summed E-state index contributed by atoms with van der Waals surface area (Å²) in [5.41, 5.74) is 1.27. The first-order valence-electron chi connectivity index (χ1n) is 7.33. The normalized spacial score (nSPS) is 14.7. The average Bonchev–Trinajstić information content (AvgIpc) is 3.23. The van der Waals surface area contributed by atoms with E-state index in [1.807, 2.05) is 12.1 Å². The minimum atomic E-state index is -0.350. The number of nitrogens with zero attached hydrogens (tertiary/aromatic N) is 2. The van der Waals surface area contributed by atoms with Crippen LogP contribution in [0.2, 0.25) is 0 Å². The zero-order valence-corrected chi connectivity index (χ0v) is 12.5. The molecule has 1 saturated heterocycles. The zero-order chi connectivity index (χ0) is 15.4. The number of methoxy groups -OCH3 is 1. The van der Waals surface area contributed by atoms with Crippen LogP contribution < -0.4 is 4.90 Å². The zero-order valence-electron chi connectivity index (χ0n) is 12.5. The van der Waals surface area contributed by atoms with Crippen LogP contribution in [0.1, 0.15) is 29.0 Å². The third kappa shape index (κ3) is 3.19. The standard InChI is InChI=1S/C17H18N2O3/c1-21-17(20)13-4-6-14(7-5-13)18-12-15-8-9-16(22-15)19-10-2-3-11-19/h4-9,12H,2-3,10-11H2,1H3. The number of aliphatic imine (C=N–C) groups is 1. The molecule has 2 aromatic rings. The van der Waals surface area contributed by atoms with Gasteiger partial charge in [0.2, 0.25) is 0 Å². The van der Waals surface area contributed by atoms with Crippen molar-refractivity contribution in [3.8, 4) is 0 Å². The Morgan fingerprint density at radius 3 is 2.59 bits per heavy atom. The van der Waals surface area contributed by atoms with Crippen LogP contribution in [-0.4, -0.2) is 32.4 Å². The number of hydrogen-bond donors (Lipinski definition) is 0. The van der Waals surface area contributed by atoms with Crippen molar-refractivity contribution in [2.75, 3.05) is 25.1 Å². The molecule has 0 bridgehead atoms. The molecule has 3 rings (SSSR count). The maximum absolute atomic E-state index is 11.4. The van der Waals surface area contributed by atoms with Crippen molar-refractivity contribution >= 4 is 23.8 Å². The summed E-state index contributed by atoms with van der Waals surface area (Å²) in [6.07, 6.45) is 4.13. The highest BCUT2D eigenvalue weighted by atomic mass is 16.5. The summed E-state index contributed by atoms with van der Waals surface area (Å²) >= 11 is 0. The predicted molar refractivity (Wildman–Crippen MR) is 85.2 cm³/mol. The molecule has 0 atom stereocenters. The molecule has 114 valence electrons. The van der Waals surface area contributed by atoms with E-state index in [9.17, 15) is 4.79 Å². The van der Waals surface area contributed by atoms with Gasteiger partial charge in [-0.25, -0.2) is 4.79 Å². The highest BCUT2D eigenvalue weighted by Crippen LogP contribution is 2.22. The largest absolute Gasteiger partial charge is 0.465 e. The average molecular weight is 298 g/mol. The van der Waals surface area contributed by atoms with Gasteiger partial charge >= 0.3 is 5.97 Å². The van der Waals surface area contributed by atoms with E-state index in [0.717, 1.165) is 30.4 Å². The Morgan fingerprint density at radius 1 is 1.18 bits per heavy atom. The minimum absolute atomic E-state index is 0.350. The van der Waals surface area contributed by atoms with E-state index in [2.05, 4.69) is 14.6 Å². The molecule has 1 aliphatic heterocycles. The topological polar surface area (TPSA) is 55.0 Å². The second-order valence-corrected chi connectivity index (χ2v) is 5.17. The van der Waals surface area contributed by atoms with Crippen LogP contribution in [0.5, 0.6) is 0 Å². The fourth-order valence-electron chi connectivity index (χ4n) is 2.46. The van der Waals surface area contributed by atoms with E-state index >= 15 is 0 Å². The summed E-state index contributed by atoms with van der Waals surface area (Å²) in [6, 6.07) is 10.8. The molecule has 0 radical (unpaired) electrons. The number of benzene rings is 1. The quantitative estimate of drug-likeness (QED) is 0.641. The highest BCUT2D eigenvalue weighted by Gasteiger charge is 2.15. The van der Waals surface area contributed by atoms with Crippen molar-refractivity contribution in [1.82, 2.24) is 0 Å². The number of ether oxygens (including phenoxy) is 1. The molecular weight excluding hydrogens is 280 g/mol. The van der Waals surface area contributed by atoms with Crippen LogP contribution in [-0.2, 0) is 4.74 Å². The van der Waals surface area contributed by atoms with Gasteiger partial charge in [0.1, 0.15) is 5.76 Å². The van der Waals surface area contributed by atoms with Crippen molar-refractivity contribution in [3.63, 3.8) is 0 Å². The first-order valence-corrected chi connectivity index (χ1v) is 7.33. The predicted octanol–water partition coefficient (Wildman–Crippen LogP) is 3.42. The molecule has 0 amide bonds. The lowest BCUT2D eigenvalue weighted by Gasteiger charge is -2.12. The van der Waals surface area contributed by atoms with Crippen LogP contribution in [0.15, 0.2) is 45.8 Å². The number of esters is 1. The third-order valence-corrected chi connectivity index (χ3v) is 3.66. The van der Waals surface area contributed by atoms with Crippen LogP contribution in [0.3, 0.4) is 0 Å². The molecule has 1 aliphatic rings. The Morgan fingerprint density at radius 2 is 1.91 bits per heavy atom. The van der Waals surface area contributed by atoms with E-state index in [4.69, 9.17) is 4.42 Å². The number of furan rings is 1. The number of rotatable bonds is 4. The minimum Gasteiger partial charge on any atom is -0.465 e. The van der Waals surface area contributed by atoms with Crippen LogP contribution in [0, 0.1) is 0 Å². The molecule has 0 spiro atoms. The van der Waals surface area contributed by atoms with E-state index < -0.39 is 0 Å². The van der Waals surface area contributed by atoms with Crippen LogP contribution in [0.4, 0.5) is 11.6 Å². The number of carbonyl (C=O) groups excluding carboxylic acids is 1. The summed E-state index contributed by atoms with van der Waals surface area (Å²) in [6.45, 7) is 2.11. The van der Waals surface area contributed by atoms with Gasteiger partial charge in [-0.15, -0.1) is 0 Å². The van der Waals surface area contributed by atoms with E-state index in [-0.39, 0.29) is 5.97 Å². The molecule has 2 heterocycles. The number of anilines is 1. The summed E-state index contributed by atoms with van der Waals surface area (Å²) in [7, 11) is 1.36. The van der Waals surface area contributed by atoms with E-state index in [1.165, 1.54) is 20.0 Å². The summed E-state index contributed by atoms with van der Waals surface area (Å²) in [5.74, 6) is 1.27. The van der Waals surface area contributed by atoms with Crippen LogP contribution >= 0.6 is 0 Å². The summed E-state index contributed by atoms with van der Waals surface area (Å²) in [5, 5.41) is 0. The Hall–Kier alpha value is -2.56. The number of hydrogen-bond acceptors (Lipinski definition) is 5. The molecule has 0 saturated carbocycles. The van der Waals surface area contributed by atoms with Crippen molar-refractivity contribution in [2.45, 2.75) is 12.8 Å². The van der Waals surface area contributed by atoms with Gasteiger partial charge in [0.25, 0.3) is 0 Å². The van der Waals surface area contributed by atoms with Gasteiger partial charge in [0, 0.05) is 19.2 Å². The lowest BCUT2D eigenvalue weighted by Crippen LogP contribution is -2.16. The molecule has 0 unspecified atom stereocenters. The molecule has 0 aliphatic carbocycles. The second-order valence-electron chi connectivity index (χ2n) is 5.17. The molecule has 1 aromatic carbocycles. The van der Waals surface area contributed by atoms with Crippen LogP contribution in [0.25, 0.3) is 0 Å². The van der Waals surface area contributed by atoms with Crippen molar-refractivity contribution in [3.05, 3.63) is 47.7 Å². The first-order chi connectivity index (χ1) is 10.8. The molecule has 0 N–H and O–H groups in total. The van der Waals surface area contributed by atoms with Gasteiger partial charge < -0.3 is 14.1 Å². The monoisotopic (exact) mass is 298 g/mol. The fraction of sp³-hybridized carbons (Fsp3) is 0.294. The molecular formula is C17H18N2O3. The van der Waals surface area contributed by atoms with E-state index in [1.54, 1.807) is 30.5 Å². The Balaban J connectivity index is 1.67. The molecule has 1 aromatic heterocycles. The van der Waals surface area contributed by atoms with Gasteiger partial charge in [0.05, 0.1) is 24.6 Å². The highest BCUT2D eigenvalue weighted by molar-refractivity contribution is 5.89. The van der Waals surface area contributed by atoms with E-state index in [0.29, 0.717) is 5.56 Å². The molecule has 5 nitrogen and oxygen atoms in total. The van der Waals surface area contributed by atoms with Gasteiger partial charge in [-0.2, -0.15) is 0 Å². The maximum Gasteiger partial charge on any atom is 0.337 e. The lowest BCUT2D eigenvalue weighted by molar-refractivity contribution is 0.0601.